The zero-order chi connectivity index (χ0) is 8.55. The van der Waals surface area contributed by atoms with Crippen molar-refractivity contribution >= 4 is 5.97 Å². The predicted molar refractivity (Wildman–Crippen MR) is 45.3 cm³/mol. The molecule has 0 heterocycles. The van der Waals surface area contributed by atoms with Gasteiger partial charge in [0.15, 0.2) is 0 Å². The van der Waals surface area contributed by atoms with E-state index in [0.717, 1.165) is 18.1 Å². The lowest BCUT2D eigenvalue weighted by atomic mass is 9.94. The molecule has 2 aliphatic rings. The van der Waals surface area contributed by atoms with Gasteiger partial charge in [-0.2, -0.15) is 0 Å². The highest BCUT2D eigenvalue weighted by atomic mass is 16.5. The highest BCUT2D eigenvalue weighted by Gasteiger charge is 2.32. The van der Waals surface area contributed by atoms with Crippen LogP contribution in [0.1, 0.15) is 32.6 Å². The third-order valence-corrected chi connectivity index (χ3v) is 2.86. The molecule has 2 bridgehead atoms. The summed E-state index contributed by atoms with van der Waals surface area (Å²) >= 11 is 0. The molecule has 0 aromatic rings. The monoisotopic (exact) mass is 166 g/mol. The SMILES string of the molecule is CC(=O)OC1=CCC2CCC1C2. The average Bonchev–Trinajstić information content (AvgIpc) is 2.39. The van der Waals surface area contributed by atoms with E-state index in [4.69, 9.17) is 4.74 Å². The van der Waals surface area contributed by atoms with Gasteiger partial charge in [0.05, 0.1) is 0 Å². The summed E-state index contributed by atoms with van der Waals surface area (Å²) in [6, 6.07) is 0. The Kier molecular flexibility index (Phi) is 1.91. The summed E-state index contributed by atoms with van der Waals surface area (Å²) in [7, 11) is 0. The Morgan fingerprint density at radius 1 is 1.58 bits per heavy atom. The van der Waals surface area contributed by atoms with Crippen LogP contribution in [-0.4, -0.2) is 5.97 Å². The van der Waals surface area contributed by atoms with Crippen LogP contribution < -0.4 is 0 Å². The first-order valence-electron chi connectivity index (χ1n) is 4.64. The first-order chi connectivity index (χ1) is 5.75. The number of hydrogen-bond acceptors (Lipinski definition) is 2. The number of carbonyl (C=O) groups is 1. The minimum absolute atomic E-state index is 0.174. The average molecular weight is 166 g/mol. The molecule has 2 atom stereocenters. The number of fused-ring (bicyclic) bond motifs is 2. The largest absolute Gasteiger partial charge is 0.431 e. The second-order valence-corrected chi connectivity index (χ2v) is 3.81. The van der Waals surface area contributed by atoms with Crippen LogP contribution in [0.3, 0.4) is 0 Å². The maximum absolute atomic E-state index is 10.7. The molecule has 0 aliphatic heterocycles. The van der Waals surface area contributed by atoms with Crippen LogP contribution in [-0.2, 0) is 9.53 Å². The number of esters is 1. The molecule has 0 aromatic heterocycles. The molecule has 1 saturated carbocycles. The van der Waals surface area contributed by atoms with Gasteiger partial charge in [-0.15, -0.1) is 0 Å². The summed E-state index contributed by atoms with van der Waals surface area (Å²) in [5.74, 6) is 2.19. The van der Waals surface area contributed by atoms with Crippen molar-refractivity contribution in [3.05, 3.63) is 11.8 Å². The Hall–Kier alpha value is -0.790. The molecule has 2 aliphatic carbocycles. The van der Waals surface area contributed by atoms with Crippen molar-refractivity contribution in [2.24, 2.45) is 11.8 Å². The smallest absolute Gasteiger partial charge is 0.307 e. The lowest BCUT2D eigenvalue weighted by molar-refractivity contribution is -0.137. The van der Waals surface area contributed by atoms with Crippen LogP contribution in [0, 0.1) is 11.8 Å². The molecule has 2 nitrogen and oxygen atoms in total. The van der Waals surface area contributed by atoms with Crippen molar-refractivity contribution in [1.29, 1.82) is 0 Å². The van der Waals surface area contributed by atoms with Crippen LogP contribution in [0.15, 0.2) is 11.8 Å². The van der Waals surface area contributed by atoms with Crippen molar-refractivity contribution in [3.8, 4) is 0 Å². The number of hydrogen-bond donors (Lipinski definition) is 0. The number of ether oxygens (including phenoxy) is 1. The Balaban J connectivity index is 2.05. The van der Waals surface area contributed by atoms with Gasteiger partial charge in [-0.05, 0) is 37.7 Å². The fraction of sp³-hybridized carbons (Fsp3) is 0.700. The molecule has 66 valence electrons. The van der Waals surface area contributed by atoms with E-state index in [1.807, 2.05) is 0 Å². The van der Waals surface area contributed by atoms with Crippen LogP contribution in [0.25, 0.3) is 0 Å². The van der Waals surface area contributed by atoms with Crippen molar-refractivity contribution in [1.82, 2.24) is 0 Å². The fourth-order valence-electron chi connectivity index (χ4n) is 2.29. The Bertz CT molecular complexity index is 230. The minimum Gasteiger partial charge on any atom is -0.431 e. The maximum atomic E-state index is 10.7. The number of rotatable bonds is 1. The van der Waals surface area contributed by atoms with Crippen molar-refractivity contribution in [2.75, 3.05) is 0 Å². The zero-order valence-corrected chi connectivity index (χ0v) is 7.38. The van der Waals surface area contributed by atoms with Crippen LogP contribution in [0.4, 0.5) is 0 Å². The van der Waals surface area contributed by atoms with Crippen LogP contribution in [0.2, 0.25) is 0 Å². The molecule has 2 unspecified atom stereocenters. The van der Waals surface area contributed by atoms with Gasteiger partial charge in [0.2, 0.25) is 0 Å². The summed E-state index contributed by atoms with van der Waals surface area (Å²) < 4.78 is 5.14. The molecule has 1 fully saturated rings. The molecular formula is C10H14O2. The van der Waals surface area contributed by atoms with E-state index in [1.165, 1.54) is 26.2 Å². The predicted octanol–water partition coefficient (Wildman–Crippen LogP) is 2.25. The van der Waals surface area contributed by atoms with Crippen molar-refractivity contribution < 1.29 is 9.53 Å². The lowest BCUT2D eigenvalue weighted by Crippen LogP contribution is -2.11. The molecule has 0 spiro atoms. The Morgan fingerprint density at radius 3 is 3.17 bits per heavy atom. The molecule has 0 radical (unpaired) electrons. The Labute approximate surface area is 72.6 Å². The van der Waals surface area contributed by atoms with E-state index < -0.39 is 0 Å². The van der Waals surface area contributed by atoms with E-state index in [9.17, 15) is 4.79 Å². The molecule has 0 N–H and O–H groups in total. The highest BCUT2D eigenvalue weighted by molar-refractivity contribution is 5.67. The van der Waals surface area contributed by atoms with Gasteiger partial charge in [0.25, 0.3) is 0 Å². The van der Waals surface area contributed by atoms with Gasteiger partial charge < -0.3 is 4.74 Å². The normalized spacial score (nSPS) is 32.9. The fourth-order valence-corrected chi connectivity index (χ4v) is 2.29. The van der Waals surface area contributed by atoms with E-state index in [-0.39, 0.29) is 5.97 Å². The summed E-state index contributed by atoms with van der Waals surface area (Å²) in [6.07, 6.45) is 6.97. The summed E-state index contributed by atoms with van der Waals surface area (Å²) in [4.78, 5) is 10.7. The molecule has 0 saturated heterocycles. The zero-order valence-electron chi connectivity index (χ0n) is 7.38. The van der Waals surface area contributed by atoms with Gasteiger partial charge in [0.1, 0.15) is 5.76 Å². The number of allylic oxidation sites excluding steroid dienone is 2. The molecule has 0 aromatic carbocycles. The summed E-state index contributed by atoms with van der Waals surface area (Å²) in [6.45, 7) is 1.47. The second kappa shape index (κ2) is 2.92. The third-order valence-electron chi connectivity index (χ3n) is 2.86. The second-order valence-electron chi connectivity index (χ2n) is 3.81. The standard InChI is InChI=1S/C10H14O2/c1-7(11)12-10-5-3-8-2-4-9(10)6-8/h5,8-9H,2-4,6H2,1H3. The van der Waals surface area contributed by atoms with Crippen LogP contribution >= 0.6 is 0 Å². The lowest BCUT2D eigenvalue weighted by Gasteiger charge is -2.18. The molecular weight excluding hydrogens is 152 g/mol. The molecule has 0 amide bonds. The molecule has 2 rings (SSSR count). The van der Waals surface area contributed by atoms with Crippen molar-refractivity contribution in [3.63, 3.8) is 0 Å². The maximum Gasteiger partial charge on any atom is 0.307 e. The first-order valence-corrected chi connectivity index (χ1v) is 4.64. The van der Waals surface area contributed by atoms with E-state index in [2.05, 4.69) is 6.08 Å². The quantitative estimate of drug-likeness (QED) is 0.558. The van der Waals surface area contributed by atoms with Crippen LogP contribution in [0.5, 0.6) is 0 Å². The van der Waals surface area contributed by atoms with Gasteiger partial charge in [-0.25, -0.2) is 0 Å². The first kappa shape index (κ1) is 7.84. The highest BCUT2D eigenvalue weighted by Crippen LogP contribution is 2.42. The summed E-state index contributed by atoms with van der Waals surface area (Å²) in [5.41, 5.74) is 0. The number of carbonyl (C=O) groups excluding carboxylic acids is 1. The Morgan fingerprint density at radius 2 is 2.42 bits per heavy atom. The van der Waals surface area contributed by atoms with Gasteiger partial charge in [-0.1, -0.05) is 0 Å². The van der Waals surface area contributed by atoms with E-state index >= 15 is 0 Å². The van der Waals surface area contributed by atoms with Crippen molar-refractivity contribution in [2.45, 2.75) is 32.6 Å². The molecule has 12 heavy (non-hydrogen) atoms. The van der Waals surface area contributed by atoms with Gasteiger partial charge >= 0.3 is 5.97 Å². The van der Waals surface area contributed by atoms with Gasteiger partial charge in [-0.3, -0.25) is 4.79 Å². The summed E-state index contributed by atoms with van der Waals surface area (Å²) in [5, 5.41) is 0. The van der Waals surface area contributed by atoms with E-state index in [1.54, 1.807) is 0 Å². The van der Waals surface area contributed by atoms with E-state index in [0.29, 0.717) is 5.92 Å². The van der Waals surface area contributed by atoms with Gasteiger partial charge in [0, 0.05) is 12.8 Å². The molecule has 2 heteroatoms. The topological polar surface area (TPSA) is 26.3 Å². The minimum atomic E-state index is -0.174. The third kappa shape index (κ3) is 1.38.